The maximum absolute atomic E-state index is 11.6. The molecule has 5 heteroatoms. The van der Waals surface area contributed by atoms with Crippen molar-refractivity contribution in [2.24, 2.45) is 7.05 Å². The molecular formula is C13H12ClN3O. The van der Waals surface area contributed by atoms with E-state index in [1.165, 1.54) is 6.08 Å². The first kappa shape index (κ1) is 12.4. The van der Waals surface area contributed by atoms with Crippen LogP contribution < -0.4 is 5.32 Å². The number of nitrogens with one attached hydrogen (secondary N) is 1. The van der Waals surface area contributed by atoms with Gasteiger partial charge in [0.15, 0.2) is 5.82 Å². The Labute approximate surface area is 110 Å². The summed E-state index contributed by atoms with van der Waals surface area (Å²) in [4.78, 5) is 11.6. The Morgan fingerprint density at radius 3 is 2.83 bits per heavy atom. The summed E-state index contributed by atoms with van der Waals surface area (Å²) in [6.07, 6.45) is 4.85. The van der Waals surface area contributed by atoms with Crippen LogP contribution in [-0.2, 0) is 11.8 Å². The second-order valence-corrected chi connectivity index (χ2v) is 4.13. The zero-order valence-corrected chi connectivity index (χ0v) is 10.6. The predicted octanol–water partition coefficient (Wildman–Crippen LogP) is 2.73. The fourth-order valence-corrected chi connectivity index (χ4v) is 1.62. The number of carbonyl (C=O) groups is 1. The third-order valence-corrected chi connectivity index (χ3v) is 2.63. The maximum atomic E-state index is 11.6. The number of anilines is 1. The van der Waals surface area contributed by atoms with E-state index < -0.39 is 0 Å². The van der Waals surface area contributed by atoms with Crippen molar-refractivity contribution in [3.05, 3.63) is 53.2 Å². The zero-order valence-electron chi connectivity index (χ0n) is 9.80. The number of halogens is 1. The summed E-state index contributed by atoms with van der Waals surface area (Å²) in [5, 5.41) is 7.31. The first-order valence-corrected chi connectivity index (χ1v) is 5.76. The van der Waals surface area contributed by atoms with Crippen LogP contribution in [0.2, 0.25) is 5.02 Å². The van der Waals surface area contributed by atoms with Crippen LogP contribution in [0.15, 0.2) is 42.6 Å². The minimum Gasteiger partial charge on any atom is -0.306 e. The number of nitrogens with zero attached hydrogens (tertiary/aromatic N) is 2. The van der Waals surface area contributed by atoms with Gasteiger partial charge in [0.25, 0.3) is 0 Å². The molecule has 0 fully saturated rings. The number of rotatable bonds is 3. The van der Waals surface area contributed by atoms with Crippen molar-refractivity contribution in [3.8, 4) is 0 Å². The molecule has 4 nitrogen and oxygen atoms in total. The lowest BCUT2D eigenvalue weighted by Gasteiger charge is -1.98. The van der Waals surface area contributed by atoms with E-state index in [0.717, 1.165) is 5.56 Å². The minimum atomic E-state index is -0.242. The highest BCUT2D eigenvalue weighted by Crippen LogP contribution is 2.16. The van der Waals surface area contributed by atoms with E-state index in [9.17, 15) is 4.79 Å². The van der Waals surface area contributed by atoms with E-state index in [1.807, 2.05) is 18.2 Å². The van der Waals surface area contributed by atoms with Crippen molar-refractivity contribution in [1.29, 1.82) is 0 Å². The lowest BCUT2D eigenvalue weighted by Crippen LogP contribution is -2.08. The van der Waals surface area contributed by atoms with Crippen LogP contribution in [0.5, 0.6) is 0 Å². The predicted molar refractivity (Wildman–Crippen MR) is 72.3 cm³/mol. The number of aromatic nitrogens is 2. The number of carbonyl (C=O) groups excluding carboxylic acids is 1. The summed E-state index contributed by atoms with van der Waals surface area (Å²) in [6.45, 7) is 0. The van der Waals surface area contributed by atoms with Crippen molar-refractivity contribution in [2.75, 3.05) is 5.32 Å². The third kappa shape index (κ3) is 3.21. The van der Waals surface area contributed by atoms with E-state index in [-0.39, 0.29) is 5.91 Å². The number of aryl methyl sites for hydroxylation is 1. The van der Waals surface area contributed by atoms with Gasteiger partial charge < -0.3 is 5.32 Å². The van der Waals surface area contributed by atoms with Crippen LogP contribution in [0.1, 0.15) is 5.56 Å². The molecule has 1 aromatic heterocycles. The SMILES string of the molecule is Cn1ccc(NC(=O)C=Cc2ccccc2Cl)n1. The molecule has 2 aromatic rings. The normalized spacial score (nSPS) is 10.8. The monoisotopic (exact) mass is 261 g/mol. The van der Waals surface area contributed by atoms with Crippen LogP contribution >= 0.6 is 11.6 Å². The summed E-state index contributed by atoms with van der Waals surface area (Å²) >= 11 is 5.97. The molecule has 0 unspecified atom stereocenters. The van der Waals surface area contributed by atoms with Gasteiger partial charge in [-0.15, -0.1) is 0 Å². The molecule has 0 aliphatic rings. The molecular weight excluding hydrogens is 250 g/mol. The smallest absolute Gasteiger partial charge is 0.249 e. The summed E-state index contributed by atoms with van der Waals surface area (Å²) in [7, 11) is 1.79. The molecule has 18 heavy (non-hydrogen) atoms. The van der Waals surface area contributed by atoms with Gasteiger partial charge in [-0.1, -0.05) is 29.8 Å². The van der Waals surface area contributed by atoms with Gasteiger partial charge in [0.1, 0.15) is 0 Å². The molecule has 0 aliphatic carbocycles. The second kappa shape index (κ2) is 5.51. The summed E-state index contributed by atoms with van der Waals surface area (Å²) < 4.78 is 1.62. The molecule has 1 amide bonds. The molecule has 2 rings (SSSR count). The largest absolute Gasteiger partial charge is 0.306 e. The Kier molecular flexibility index (Phi) is 3.79. The second-order valence-electron chi connectivity index (χ2n) is 3.72. The van der Waals surface area contributed by atoms with E-state index in [0.29, 0.717) is 10.8 Å². The number of benzene rings is 1. The van der Waals surface area contributed by atoms with Crippen molar-refractivity contribution in [1.82, 2.24) is 9.78 Å². The Bertz CT molecular complexity index is 589. The average Bonchev–Trinajstić information content (AvgIpc) is 2.74. The molecule has 0 saturated carbocycles. The van der Waals surface area contributed by atoms with Gasteiger partial charge in [-0.2, -0.15) is 5.10 Å². The highest BCUT2D eigenvalue weighted by atomic mass is 35.5. The van der Waals surface area contributed by atoms with Crippen molar-refractivity contribution >= 4 is 29.4 Å². The molecule has 1 heterocycles. The van der Waals surface area contributed by atoms with E-state index in [1.54, 1.807) is 36.1 Å². The lowest BCUT2D eigenvalue weighted by atomic mass is 10.2. The first-order valence-electron chi connectivity index (χ1n) is 5.38. The molecule has 0 atom stereocenters. The van der Waals surface area contributed by atoms with Gasteiger partial charge >= 0.3 is 0 Å². The van der Waals surface area contributed by atoms with Crippen molar-refractivity contribution < 1.29 is 4.79 Å². The molecule has 0 radical (unpaired) electrons. The Balaban J connectivity index is 2.01. The molecule has 92 valence electrons. The van der Waals surface area contributed by atoms with E-state index >= 15 is 0 Å². The Morgan fingerprint density at radius 1 is 1.39 bits per heavy atom. The van der Waals surface area contributed by atoms with Gasteiger partial charge in [0.2, 0.25) is 5.91 Å². The summed E-state index contributed by atoms with van der Waals surface area (Å²) in [6, 6.07) is 9.04. The lowest BCUT2D eigenvalue weighted by molar-refractivity contribution is -0.111. The standard InChI is InChI=1S/C13H12ClN3O/c1-17-9-8-12(16-17)15-13(18)7-6-10-4-2-3-5-11(10)14/h2-9H,1H3,(H,15,16,18). The minimum absolute atomic E-state index is 0.242. The maximum Gasteiger partial charge on any atom is 0.249 e. The van der Waals surface area contributed by atoms with E-state index in [2.05, 4.69) is 10.4 Å². The topological polar surface area (TPSA) is 46.9 Å². The molecule has 1 aromatic carbocycles. The van der Waals surface area contributed by atoms with Crippen molar-refractivity contribution in [3.63, 3.8) is 0 Å². The Morgan fingerprint density at radius 2 is 2.17 bits per heavy atom. The molecule has 0 bridgehead atoms. The average molecular weight is 262 g/mol. The molecule has 0 aliphatic heterocycles. The van der Waals surface area contributed by atoms with Gasteiger partial charge in [0.05, 0.1) is 0 Å². The van der Waals surface area contributed by atoms with Gasteiger partial charge in [-0.3, -0.25) is 9.48 Å². The van der Waals surface area contributed by atoms with Crippen LogP contribution in [0.3, 0.4) is 0 Å². The van der Waals surface area contributed by atoms with Crippen LogP contribution in [0.4, 0.5) is 5.82 Å². The summed E-state index contributed by atoms with van der Waals surface area (Å²) in [5.74, 6) is 0.278. The fourth-order valence-electron chi connectivity index (χ4n) is 1.43. The van der Waals surface area contributed by atoms with E-state index in [4.69, 9.17) is 11.6 Å². The van der Waals surface area contributed by atoms with Gasteiger partial charge in [-0.25, -0.2) is 0 Å². The summed E-state index contributed by atoms with van der Waals surface area (Å²) in [5.41, 5.74) is 0.801. The quantitative estimate of drug-likeness (QED) is 0.864. The highest BCUT2D eigenvalue weighted by Gasteiger charge is 2.00. The zero-order chi connectivity index (χ0) is 13.0. The molecule has 0 saturated heterocycles. The highest BCUT2D eigenvalue weighted by molar-refractivity contribution is 6.32. The number of amides is 1. The van der Waals surface area contributed by atoms with Crippen molar-refractivity contribution in [2.45, 2.75) is 0 Å². The Hall–Kier alpha value is -2.07. The van der Waals surface area contributed by atoms with Gasteiger partial charge in [-0.05, 0) is 17.7 Å². The number of hydrogen-bond acceptors (Lipinski definition) is 2. The first-order chi connectivity index (χ1) is 8.65. The van der Waals surface area contributed by atoms with Gasteiger partial charge in [0, 0.05) is 30.4 Å². The van der Waals surface area contributed by atoms with Crippen LogP contribution in [0, 0.1) is 0 Å². The molecule has 1 N–H and O–H groups in total. The third-order valence-electron chi connectivity index (χ3n) is 2.28. The van der Waals surface area contributed by atoms with Crippen LogP contribution in [-0.4, -0.2) is 15.7 Å². The molecule has 0 spiro atoms. The number of hydrogen-bond donors (Lipinski definition) is 1. The van der Waals surface area contributed by atoms with Crippen LogP contribution in [0.25, 0.3) is 6.08 Å². The fraction of sp³-hybridized carbons (Fsp3) is 0.0769.